The van der Waals surface area contributed by atoms with Crippen molar-refractivity contribution >= 4 is 126 Å². The second kappa shape index (κ2) is 21.9. The maximum atomic E-state index is 12.0. The van der Waals surface area contributed by atoms with E-state index in [1.54, 1.807) is 11.3 Å². The molecule has 12 aromatic rings. The summed E-state index contributed by atoms with van der Waals surface area (Å²) in [6.07, 6.45) is 21.4. The summed E-state index contributed by atoms with van der Waals surface area (Å²) in [6.45, 7) is 6.76. The number of hydrogen-bond acceptors (Lipinski definition) is 9. The predicted molar refractivity (Wildman–Crippen MR) is 343 cm³/mol. The Bertz CT molecular complexity index is 4340. The smallest absolute Gasteiger partial charge is 0.160 e. The first-order valence-electron chi connectivity index (χ1n) is 29.7. The van der Waals surface area contributed by atoms with E-state index in [4.69, 9.17) is 19.9 Å². The summed E-state index contributed by atoms with van der Waals surface area (Å²) in [5.41, 5.74) is 16.7. The van der Waals surface area contributed by atoms with Crippen LogP contribution in [0.15, 0.2) is 127 Å². The molecule has 80 heavy (non-hydrogen) atoms. The summed E-state index contributed by atoms with van der Waals surface area (Å²) in [5.74, 6) is 0.481. The molecule has 1 aliphatic heterocycles. The summed E-state index contributed by atoms with van der Waals surface area (Å²) in [6, 6.07) is 47.7. The molecule has 5 aromatic heterocycles. The van der Waals surface area contributed by atoms with Gasteiger partial charge in [-0.15, -0.1) is 34.0 Å². The number of benzene rings is 7. The fraction of sp³-hybridized carbons (Fsp3) is 0.310. The highest BCUT2D eigenvalue weighted by Gasteiger charge is 2.42. The zero-order chi connectivity index (χ0) is 53.8. The molecule has 0 amide bonds. The van der Waals surface area contributed by atoms with Gasteiger partial charge < -0.3 is 4.90 Å². The number of fused-ring (bicyclic) bond motifs is 16. The van der Waals surface area contributed by atoms with Crippen molar-refractivity contribution in [3.8, 4) is 31.3 Å². The van der Waals surface area contributed by atoms with Crippen molar-refractivity contribution in [3.05, 3.63) is 155 Å². The molecule has 2 unspecified atom stereocenters. The van der Waals surface area contributed by atoms with E-state index in [-0.39, 0.29) is 0 Å². The molecule has 14 rings (SSSR count). The van der Waals surface area contributed by atoms with Gasteiger partial charge in [0.1, 0.15) is 0 Å². The van der Waals surface area contributed by atoms with Crippen LogP contribution < -0.4 is 4.90 Å². The zero-order valence-corrected chi connectivity index (χ0v) is 48.7. The van der Waals surface area contributed by atoms with Crippen LogP contribution in [0.5, 0.6) is 0 Å². The maximum absolute atomic E-state index is 12.0. The van der Waals surface area contributed by atoms with Crippen LogP contribution in [0.25, 0.3) is 106 Å². The third-order valence-electron chi connectivity index (χ3n) is 17.6. The van der Waals surface area contributed by atoms with Crippen LogP contribution in [0.4, 0.5) is 11.4 Å². The van der Waals surface area contributed by atoms with Crippen molar-refractivity contribution in [2.75, 3.05) is 4.90 Å². The summed E-state index contributed by atoms with van der Waals surface area (Å²) >= 11 is 5.22. The van der Waals surface area contributed by atoms with Gasteiger partial charge >= 0.3 is 0 Å². The minimum atomic E-state index is 0.461. The van der Waals surface area contributed by atoms with Crippen LogP contribution in [-0.2, 0) is 12.8 Å². The lowest BCUT2D eigenvalue weighted by Crippen LogP contribution is -2.26. The lowest BCUT2D eigenvalue weighted by Gasteiger charge is -2.27. The molecule has 1 fully saturated rings. The number of aryl methyl sites for hydroxylation is 3. The Morgan fingerprint density at radius 1 is 0.500 bits per heavy atom. The van der Waals surface area contributed by atoms with Gasteiger partial charge in [-0.05, 0) is 116 Å². The Morgan fingerprint density at radius 3 is 1.69 bits per heavy atom. The fourth-order valence-electron chi connectivity index (χ4n) is 13.6. The number of rotatable bonds is 19. The molecule has 0 spiro atoms. The molecule has 9 heteroatoms. The Labute approximate surface area is 481 Å². The molecule has 2 atom stereocenters. The molecule has 0 bridgehead atoms. The van der Waals surface area contributed by atoms with Crippen molar-refractivity contribution in [2.24, 2.45) is 0 Å². The van der Waals surface area contributed by atoms with Crippen LogP contribution in [-0.4, -0.2) is 32.3 Å². The van der Waals surface area contributed by atoms with Gasteiger partial charge in [-0.3, -0.25) is 4.79 Å². The topological polar surface area (TPSA) is 71.9 Å². The molecule has 1 aliphatic carbocycles. The van der Waals surface area contributed by atoms with E-state index >= 15 is 0 Å². The molecule has 6 heterocycles. The summed E-state index contributed by atoms with van der Waals surface area (Å²) < 4.78 is 2.45. The average molecular weight is 1100 g/mol. The molecule has 6 nitrogen and oxygen atoms in total. The van der Waals surface area contributed by atoms with Crippen LogP contribution >= 0.6 is 34.0 Å². The van der Waals surface area contributed by atoms with E-state index in [1.165, 1.54) is 143 Å². The highest BCUT2D eigenvalue weighted by molar-refractivity contribution is 7.32. The summed E-state index contributed by atoms with van der Waals surface area (Å²) in [4.78, 5) is 42.1. The van der Waals surface area contributed by atoms with E-state index in [2.05, 4.69) is 147 Å². The molecular weight excluding hydrogens is 1040 g/mol. The number of nitrogens with zero attached hydrogens (tertiary/aromatic N) is 5. The second-order valence-electron chi connectivity index (χ2n) is 22.8. The number of aldehydes is 1. The van der Waals surface area contributed by atoms with Crippen molar-refractivity contribution in [1.29, 1.82) is 0 Å². The molecule has 1 saturated carbocycles. The number of carbonyl (C=O) groups excluding carboxylic acids is 1. The van der Waals surface area contributed by atoms with Gasteiger partial charge in [0.25, 0.3) is 0 Å². The largest absolute Gasteiger partial charge is 0.338 e. The minimum Gasteiger partial charge on any atom is -0.338 e. The lowest BCUT2D eigenvalue weighted by atomic mass is 9.92. The first kappa shape index (κ1) is 51.3. The molecular formula is C71H67N5OS3. The molecule has 0 saturated heterocycles. The number of hydrogen-bond donors (Lipinski definition) is 0. The predicted octanol–water partition coefficient (Wildman–Crippen LogP) is 21.2. The van der Waals surface area contributed by atoms with Crippen molar-refractivity contribution in [2.45, 2.75) is 142 Å². The van der Waals surface area contributed by atoms with Gasteiger partial charge in [-0.2, -0.15) is 0 Å². The lowest BCUT2D eigenvalue weighted by molar-refractivity contribution is 0.112. The maximum Gasteiger partial charge on any atom is 0.160 e. The number of unbranched alkanes of at least 4 members (excludes halogenated alkanes) is 10. The highest BCUT2D eigenvalue weighted by atomic mass is 32.1. The van der Waals surface area contributed by atoms with E-state index in [1.807, 2.05) is 28.7 Å². The zero-order valence-electron chi connectivity index (χ0n) is 46.2. The standard InChI is InChI=1S/C71H67N5OS3/c1-4-6-8-10-12-14-26-57-58(27-15-13-11-9-7-5-2)73-69-56-41-63(61-38-34-46(42-77)78-61)80-71(56)70-55(68(69)72-57)40-62(79-70)53-36-35-47(44-31-37-60-54(39-44)50-25-20-28-59(50)76(60)45-32-29-43(3)30-33-45)64-67(53)75-66-52-24-19-17-22-49(52)48-21-16-18-23-51(48)65(66)74-64/h16-19,21-24,29-42,50,59H,4-15,20,25-28H2,1-3H3. The monoisotopic (exact) mass is 1100 g/mol. The van der Waals surface area contributed by atoms with Crippen LogP contribution in [0.1, 0.15) is 148 Å². The third-order valence-corrected chi connectivity index (χ3v) is 21.3. The Hall–Kier alpha value is -6.91. The van der Waals surface area contributed by atoms with E-state index in [0.717, 1.165) is 117 Å². The van der Waals surface area contributed by atoms with Gasteiger partial charge in [-0.25, -0.2) is 19.9 Å². The first-order chi connectivity index (χ1) is 39.5. The average Bonchev–Trinajstić information content (AvgIpc) is 4.49. The number of carbonyl (C=O) groups is 1. The first-order valence-corrected chi connectivity index (χ1v) is 32.2. The molecule has 0 radical (unpaired) electrons. The van der Waals surface area contributed by atoms with Crippen molar-refractivity contribution < 1.29 is 4.79 Å². The normalized spacial score (nSPS) is 15.3. The number of thiophene rings is 3. The van der Waals surface area contributed by atoms with Gasteiger partial charge in [0.2, 0.25) is 0 Å². The summed E-state index contributed by atoms with van der Waals surface area (Å²) in [7, 11) is 0. The molecule has 400 valence electrons. The van der Waals surface area contributed by atoms with Crippen molar-refractivity contribution in [1.82, 2.24) is 19.9 Å². The quantitative estimate of drug-likeness (QED) is 0.0348. The molecule has 7 aromatic carbocycles. The van der Waals surface area contributed by atoms with Crippen LogP contribution in [0, 0.1) is 6.92 Å². The SMILES string of the molecule is CCCCCCCCc1nc2c3cc(-c4ccc(C=O)s4)sc3c3sc(-c4ccc(-c5ccc6c(c5)C5CCCC5N6c5ccc(C)cc5)c5nc6c7ccccc7c7ccccc7c6nc45)cc3c2nc1CCCCCCCC. The van der Waals surface area contributed by atoms with E-state index in [9.17, 15) is 4.79 Å². The second-order valence-corrected chi connectivity index (χ2v) is 26.1. The van der Waals surface area contributed by atoms with Crippen LogP contribution in [0.3, 0.4) is 0 Å². The fourth-order valence-corrected chi connectivity index (χ4v) is 17.0. The third kappa shape index (κ3) is 9.08. The van der Waals surface area contributed by atoms with E-state index < -0.39 is 0 Å². The number of aromatic nitrogens is 4. The van der Waals surface area contributed by atoms with Gasteiger partial charge in [0.15, 0.2) is 6.29 Å². The van der Waals surface area contributed by atoms with Gasteiger partial charge in [-0.1, -0.05) is 169 Å². The Balaban J connectivity index is 0.979. The molecule has 0 N–H and O–H groups in total. The summed E-state index contributed by atoms with van der Waals surface area (Å²) in [5, 5.41) is 6.90. The number of anilines is 2. The van der Waals surface area contributed by atoms with Gasteiger partial charge in [0.05, 0.1) is 58.8 Å². The Morgan fingerprint density at radius 2 is 1.06 bits per heavy atom. The Kier molecular flexibility index (Phi) is 14.0. The van der Waals surface area contributed by atoms with Gasteiger partial charge in [0, 0.05) is 70.6 Å². The highest BCUT2D eigenvalue weighted by Crippen LogP contribution is 2.54. The minimum absolute atomic E-state index is 0.461. The van der Waals surface area contributed by atoms with Crippen LogP contribution in [0.2, 0.25) is 0 Å². The van der Waals surface area contributed by atoms with E-state index in [0.29, 0.717) is 12.0 Å². The van der Waals surface area contributed by atoms with Crippen molar-refractivity contribution in [3.63, 3.8) is 0 Å². The molecule has 2 aliphatic rings.